The number of rotatable bonds is 4. The first-order valence-electron chi connectivity index (χ1n) is 6.69. The average Bonchev–Trinajstić information content (AvgIpc) is 2.84. The number of benzene rings is 1. The van der Waals surface area contributed by atoms with Gasteiger partial charge in [0.25, 0.3) is 0 Å². The molecule has 0 aromatic heterocycles. The molecule has 0 saturated heterocycles. The van der Waals surface area contributed by atoms with Gasteiger partial charge in [-0.3, -0.25) is 4.79 Å². The molecule has 3 rings (SSSR count). The Balaban J connectivity index is 1.76. The van der Waals surface area contributed by atoms with Crippen molar-refractivity contribution in [1.82, 2.24) is 0 Å². The number of ether oxygens (including phenoxy) is 1. The highest BCUT2D eigenvalue weighted by Gasteiger charge is 2.56. The fraction of sp³-hybridized carbons (Fsp3) is 0.533. The molecule has 2 unspecified atom stereocenters. The molecule has 0 heterocycles. The van der Waals surface area contributed by atoms with E-state index < -0.39 is 0 Å². The van der Waals surface area contributed by atoms with Crippen LogP contribution in [0.3, 0.4) is 0 Å². The second kappa shape index (κ2) is 4.69. The second-order valence-corrected chi connectivity index (χ2v) is 6.08. The standard InChI is InChI=1S/C15H17BrO2/c1-2-18-13-7-6-9(8-12(13)16)15(17)14-10-4-3-5-11(10)14/h6-8,10-11,14H,2-5H2,1H3. The molecule has 2 aliphatic carbocycles. The normalized spacial score (nSPS) is 28.9. The van der Waals surface area contributed by atoms with Crippen molar-refractivity contribution in [3.63, 3.8) is 0 Å². The molecule has 3 heteroatoms. The van der Waals surface area contributed by atoms with Gasteiger partial charge in [0, 0.05) is 11.5 Å². The molecule has 0 bridgehead atoms. The van der Waals surface area contributed by atoms with Gasteiger partial charge in [0.15, 0.2) is 5.78 Å². The van der Waals surface area contributed by atoms with Crippen LogP contribution in [0.5, 0.6) is 5.75 Å². The van der Waals surface area contributed by atoms with Crippen LogP contribution in [-0.2, 0) is 0 Å². The molecule has 1 aromatic carbocycles. The predicted molar refractivity (Wildman–Crippen MR) is 74.0 cm³/mol. The van der Waals surface area contributed by atoms with E-state index in [2.05, 4.69) is 15.9 Å². The number of fused-ring (bicyclic) bond motifs is 1. The molecule has 0 aliphatic heterocycles. The van der Waals surface area contributed by atoms with Gasteiger partial charge in [-0.05, 0) is 65.7 Å². The summed E-state index contributed by atoms with van der Waals surface area (Å²) in [4.78, 5) is 12.4. The summed E-state index contributed by atoms with van der Waals surface area (Å²) in [6, 6.07) is 5.69. The zero-order valence-electron chi connectivity index (χ0n) is 10.5. The minimum Gasteiger partial charge on any atom is -0.493 e. The van der Waals surface area contributed by atoms with E-state index in [4.69, 9.17) is 4.74 Å². The van der Waals surface area contributed by atoms with E-state index in [0.717, 1.165) is 15.8 Å². The van der Waals surface area contributed by atoms with Gasteiger partial charge in [0.1, 0.15) is 5.75 Å². The molecular weight excluding hydrogens is 292 g/mol. The summed E-state index contributed by atoms with van der Waals surface area (Å²) in [5.74, 6) is 2.81. The number of Topliss-reactive ketones (excluding diaryl/α,β-unsaturated/α-hetero) is 1. The van der Waals surface area contributed by atoms with Crippen molar-refractivity contribution in [2.45, 2.75) is 26.2 Å². The Labute approximate surface area is 116 Å². The van der Waals surface area contributed by atoms with Gasteiger partial charge in [-0.2, -0.15) is 0 Å². The van der Waals surface area contributed by atoms with Gasteiger partial charge in [0.05, 0.1) is 11.1 Å². The van der Waals surface area contributed by atoms with E-state index >= 15 is 0 Å². The maximum Gasteiger partial charge on any atom is 0.166 e. The molecule has 2 saturated carbocycles. The Morgan fingerprint density at radius 1 is 1.39 bits per heavy atom. The van der Waals surface area contributed by atoms with Crippen molar-refractivity contribution in [2.24, 2.45) is 17.8 Å². The second-order valence-electron chi connectivity index (χ2n) is 5.23. The lowest BCUT2D eigenvalue weighted by molar-refractivity contribution is 0.0951. The largest absolute Gasteiger partial charge is 0.493 e. The first-order valence-corrected chi connectivity index (χ1v) is 7.48. The highest BCUT2D eigenvalue weighted by atomic mass is 79.9. The summed E-state index contributed by atoms with van der Waals surface area (Å²) in [5.41, 5.74) is 0.824. The van der Waals surface area contributed by atoms with E-state index in [9.17, 15) is 4.79 Å². The molecule has 0 radical (unpaired) electrons. The highest BCUT2D eigenvalue weighted by molar-refractivity contribution is 9.10. The predicted octanol–water partition coefficient (Wildman–Crippen LogP) is 4.08. The maximum absolute atomic E-state index is 12.4. The summed E-state index contributed by atoms with van der Waals surface area (Å²) in [6.45, 7) is 2.59. The lowest BCUT2D eigenvalue weighted by Crippen LogP contribution is -2.06. The topological polar surface area (TPSA) is 26.3 Å². The molecule has 0 N–H and O–H groups in total. The molecule has 96 valence electrons. The van der Waals surface area contributed by atoms with Crippen molar-refractivity contribution >= 4 is 21.7 Å². The maximum atomic E-state index is 12.4. The fourth-order valence-electron chi connectivity index (χ4n) is 3.33. The minimum atomic E-state index is 0.309. The van der Waals surface area contributed by atoms with Crippen LogP contribution in [0, 0.1) is 17.8 Å². The number of hydrogen-bond acceptors (Lipinski definition) is 2. The number of ketones is 1. The van der Waals surface area contributed by atoms with Crippen LogP contribution >= 0.6 is 15.9 Å². The van der Waals surface area contributed by atoms with Crippen molar-refractivity contribution in [3.8, 4) is 5.75 Å². The van der Waals surface area contributed by atoms with Crippen LogP contribution in [0.1, 0.15) is 36.5 Å². The van der Waals surface area contributed by atoms with Gasteiger partial charge in [-0.25, -0.2) is 0 Å². The van der Waals surface area contributed by atoms with E-state index in [0.29, 0.717) is 30.1 Å². The fourth-order valence-corrected chi connectivity index (χ4v) is 3.82. The molecule has 2 fully saturated rings. The number of hydrogen-bond donors (Lipinski definition) is 0. The lowest BCUT2D eigenvalue weighted by atomic mass is 10.0. The van der Waals surface area contributed by atoms with Crippen LogP contribution in [0.15, 0.2) is 22.7 Å². The Morgan fingerprint density at radius 3 is 2.72 bits per heavy atom. The van der Waals surface area contributed by atoms with Gasteiger partial charge in [-0.15, -0.1) is 0 Å². The summed E-state index contributed by atoms with van der Waals surface area (Å²) in [5, 5.41) is 0. The zero-order valence-corrected chi connectivity index (χ0v) is 12.1. The Bertz CT molecular complexity index is 473. The van der Waals surface area contributed by atoms with Gasteiger partial charge in [-0.1, -0.05) is 6.42 Å². The van der Waals surface area contributed by atoms with Crippen LogP contribution in [-0.4, -0.2) is 12.4 Å². The molecule has 2 aliphatic rings. The Hall–Kier alpha value is -0.830. The smallest absolute Gasteiger partial charge is 0.166 e. The quantitative estimate of drug-likeness (QED) is 0.784. The number of carbonyl (C=O) groups is 1. The van der Waals surface area contributed by atoms with Crippen molar-refractivity contribution in [3.05, 3.63) is 28.2 Å². The first kappa shape index (κ1) is 12.2. The average molecular weight is 309 g/mol. The molecule has 0 spiro atoms. The van der Waals surface area contributed by atoms with E-state index in [1.165, 1.54) is 19.3 Å². The molecule has 2 atom stereocenters. The Morgan fingerprint density at radius 2 is 2.11 bits per heavy atom. The summed E-state index contributed by atoms with van der Waals surface area (Å²) in [6.07, 6.45) is 3.81. The summed E-state index contributed by atoms with van der Waals surface area (Å²) in [7, 11) is 0. The highest BCUT2D eigenvalue weighted by Crippen LogP contribution is 2.58. The van der Waals surface area contributed by atoms with Crippen molar-refractivity contribution in [1.29, 1.82) is 0 Å². The van der Waals surface area contributed by atoms with Gasteiger partial charge in [0.2, 0.25) is 0 Å². The third-order valence-electron chi connectivity index (χ3n) is 4.23. The monoisotopic (exact) mass is 308 g/mol. The van der Waals surface area contributed by atoms with Crippen LogP contribution in [0.25, 0.3) is 0 Å². The van der Waals surface area contributed by atoms with E-state index in [1.807, 2.05) is 25.1 Å². The molecule has 1 aromatic rings. The zero-order chi connectivity index (χ0) is 12.7. The van der Waals surface area contributed by atoms with Crippen LogP contribution < -0.4 is 4.74 Å². The van der Waals surface area contributed by atoms with Gasteiger partial charge >= 0.3 is 0 Å². The minimum absolute atomic E-state index is 0.309. The van der Waals surface area contributed by atoms with E-state index in [1.54, 1.807) is 0 Å². The molecule has 2 nitrogen and oxygen atoms in total. The third-order valence-corrected chi connectivity index (χ3v) is 4.85. The van der Waals surface area contributed by atoms with Crippen molar-refractivity contribution < 1.29 is 9.53 Å². The van der Waals surface area contributed by atoms with Crippen LogP contribution in [0.2, 0.25) is 0 Å². The molecule has 0 amide bonds. The summed E-state index contributed by atoms with van der Waals surface area (Å²) < 4.78 is 6.34. The lowest BCUT2D eigenvalue weighted by Gasteiger charge is -2.08. The number of carbonyl (C=O) groups excluding carboxylic acids is 1. The number of halogens is 1. The third kappa shape index (κ3) is 1.99. The first-order chi connectivity index (χ1) is 8.72. The van der Waals surface area contributed by atoms with Crippen LogP contribution in [0.4, 0.5) is 0 Å². The summed E-state index contributed by atoms with van der Waals surface area (Å²) >= 11 is 3.47. The molecule has 18 heavy (non-hydrogen) atoms. The van der Waals surface area contributed by atoms with Crippen molar-refractivity contribution in [2.75, 3.05) is 6.61 Å². The molecular formula is C15H17BrO2. The SMILES string of the molecule is CCOc1ccc(C(=O)C2C3CCCC32)cc1Br. The Kier molecular flexibility index (Phi) is 3.18. The van der Waals surface area contributed by atoms with E-state index in [-0.39, 0.29) is 0 Å². The van der Waals surface area contributed by atoms with Gasteiger partial charge < -0.3 is 4.74 Å².